The molecule has 0 atom stereocenters. The molecule has 3 aromatic rings. The Balaban J connectivity index is 1.41. The molecule has 0 bridgehead atoms. The predicted octanol–water partition coefficient (Wildman–Crippen LogP) is 4.43. The molecular weight excluding hydrogens is 390 g/mol. The Morgan fingerprint density at radius 3 is 2.92 bits per heavy atom. The number of nitrogens with zero attached hydrogens (tertiary/aromatic N) is 2. The smallest absolute Gasteiger partial charge is 0.317 e. The van der Waals surface area contributed by atoms with Gasteiger partial charge in [0.2, 0.25) is 0 Å². The normalized spacial score (nSPS) is 10.9. The number of halogens is 1. The molecule has 1 N–H and O–H groups in total. The molecule has 2 heterocycles. The number of amides is 2. The van der Waals surface area contributed by atoms with Crippen molar-refractivity contribution in [3.8, 4) is 0 Å². The first-order valence-corrected chi connectivity index (χ1v) is 9.30. The van der Waals surface area contributed by atoms with Gasteiger partial charge in [0, 0.05) is 20.0 Å². The monoisotopic (exact) mass is 407 g/mol. The first kappa shape index (κ1) is 17.0. The highest BCUT2D eigenvalue weighted by atomic mass is 79.9. The number of carbonyl (C=O) groups is 1. The average Bonchev–Trinajstić information content (AvgIpc) is 3.16. The lowest BCUT2D eigenvalue weighted by Crippen LogP contribution is -2.37. The number of thiazole rings is 1. The molecular formula is C17H18BrN3O2S. The van der Waals surface area contributed by atoms with Gasteiger partial charge in [-0.2, -0.15) is 0 Å². The summed E-state index contributed by atoms with van der Waals surface area (Å²) in [5, 5.41) is 4.03. The first-order chi connectivity index (χ1) is 11.6. The van der Waals surface area contributed by atoms with Crippen molar-refractivity contribution < 1.29 is 9.21 Å². The Kier molecular flexibility index (Phi) is 5.52. The van der Waals surface area contributed by atoms with E-state index in [0.717, 1.165) is 29.1 Å². The fraction of sp³-hybridized carbons (Fsp3) is 0.294. The van der Waals surface area contributed by atoms with E-state index in [1.165, 1.54) is 4.70 Å². The van der Waals surface area contributed by atoms with Crippen LogP contribution in [0.25, 0.3) is 10.2 Å². The Morgan fingerprint density at radius 1 is 1.33 bits per heavy atom. The molecule has 0 aliphatic heterocycles. The standard InChI is InChI=1S/C17H18BrN3O2S/c1-21(11-12-8-9-15(18)23-12)17(22)19-10-4-7-16-20-13-5-2-3-6-14(13)24-16/h2-3,5-6,8-9H,4,7,10-11H2,1H3,(H,19,22). The van der Waals surface area contributed by atoms with Crippen molar-refractivity contribution in [3.63, 3.8) is 0 Å². The number of furan rings is 1. The third-order valence-corrected chi connectivity index (χ3v) is 5.07. The van der Waals surface area contributed by atoms with Crippen LogP contribution in [0.3, 0.4) is 0 Å². The molecule has 126 valence electrons. The van der Waals surface area contributed by atoms with Crippen molar-refractivity contribution in [2.45, 2.75) is 19.4 Å². The molecule has 0 unspecified atom stereocenters. The number of aromatic nitrogens is 1. The topological polar surface area (TPSA) is 58.4 Å². The number of hydrogen-bond donors (Lipinski definition) is 1. The summed E-state index contributed by atoms with van der Waals surface area (Å²) in [7, 11) is 1.75. The fourth-order valence-electron chi connectivity index (χ4n) is 2.34. The van der Waals surface area contributed by atoms with E-state index < -0.39 is 0 Å². The summed E-state index contributed by atoms with van der Waals surface area (Å²) in [5.74, 6) is 0.744. The van der Waals surface area contributed by atoms with Crippen LogP contribution in [0.5, 0.6) is 0 Å². The third kappa shape index (κ3) is 4.36. The molecule has 0 fully saturated rings. The second-order valence-electron chi connectivity index (χ2n) is 5.47. The zero-order valence-corrected chi connectivity index (χ0v) is 15.7. The second kappa shape index (κ2) is 7.81. The molecule has 1 aromatic carbocycles. The second-order valence-corrected chi connectivity index (χ2v) is 7.37. The molecule has 24 heavy (non-hydrogen) atoms. The van der Waals surface area contributed by atoms with Crippen LogP contribution >= 0.6 is 27.3 Å². The molecule has 0 aliphatic carbocycles. The lowest BCUT2D eigenvalue weighted by atomic mass is 10.3. The van der Waals surface area contributed by atoms with Gasteiger partial charge >= 0.3 is 6.03 Å². The summed E-state index contributed by atoms with van der Waals surface area (Å²) in [6, 6.07) is 11.7. The number of benzene rings is 1. The first-order valence-electron chi connectivity index (χ1n) is 7.69. The van der Waals surface area contributed by atoms with Crippen molar-refractivity contribution in [2.75, 3.05) is 13.6 Å². The maximum atomic E-state index is 12.1. The van der Waals surface area contributed by atoms with Gasteiger partial charge in [0.25, 0.3) is 0 Å². The number of urea groups is 1. The van der Waals surface area contributed by atoms with E-state index in [4.69, 9.17) is 4.42 Å². The zero-order chi connectivity index (χ0) is 16.9. The van der Waals surface area contributed by atoms with E-state index in [0.29, 0.717) is 17.8 Å². The highest BCUT2D eigenvalue weighted by Gasteiger charge is 2.11. The highest BCUT2D eigenvalue weighted by molar-refractivity contribution is 9.10. The molecule has 5 nitrogen and oxygen atoms in total. The lowest BCUT2D eigenvalue weighted by Gasteiger charge is -2.16. The van der Waals surface area contributed by atoms with E-state index in [-0.39, 0.29) is 6.03 Å². The van der Waals surface area contributed by atoms with Crippen LogP contribution < -0.4 is 5.32 Å². The van der Waals surface area contributed by atoms with Crippen LogP contribution in [0.15, 0.2) is 45.5 Å². The van der Waals surface area contributed by atoms with E-state index in [9.17, 15) is 4.79 Å². The van der Waals surface area contributed by atoms with Gasteiger partial charge in [-0.3, -0.25) is 0 Å². The van der Waals surface area contributed by atoms with Gasteiger partial charge in [0.1, 0.15) is 5.76 Å². The summed E-state index contributed by atoms with van der Waals surface area (Å²) in [6.45, 7) is 1.07. The van der Waals surface area contributed by atoms with Gasteiger partial charge in [-0.1, -0.05) is 12.1 Å². The number of aryl methyl sites for hydroxylation is 1. The fourth-order valence-corrected chi connectivity index (χ4v) is 3.69. The molecule has 0 saturated heterocycles. The summed E-state index contributed by atoms with van der Waals surface area (Å²) in [5.41, 5.74) is 1.05. The Morgan fingerprint density at radius 2 is 2.17 bits per heavy atom. The quantitative estimate of drug-likeness (QED) is 0.614. The third-order valence-electron chi connectivity index (χ3n) is 3.55. The maximum absolute atomic E-state index is 12.1. The molecule has 0 radical (unpaired) electrons. The SMILES string of the molecule is CN(Cc1ccc(Br)o1)C(=O)NCCCc1nc2ccccc2s1. The molecule has 0 saturated carbocycles. The summed E-state index contributed by atoms with van der Waals surface area (Å²) in [4.78, 5) is 18.3. The van der Waals surface area contributed by atoms with Gasteiger partial charge < -0.3 is 14.6 Å². The van der Waals surface area contributed by atoms with E-state index in [1.807, 2.05) is 30.3 Å². The van der Waals surface area contributed by atoms with Crippen molar-refractivity contribution in [2.24, 2.45) is 0 Å². The van der Waals surface area contributed by atoms with Crippen LogP contribution in [-0.2, 0) is 13.0 Å². The minimum Gasteiger partial charge on any atom is -0.452 e. The number of carbonyl (C=O) groups excluding carboxylic acids is 1. The van der Waals surface area contributed by atoms with Crippen LogP contribution in [0.2, 0.25) is 0 Å². The molecule has 2 aromatic heterocycles. The minimum atomic E-state index is -0.105. The average molecular weight is 408 g/mol. The summed E-state index contributed by atoms with van der Waals surface area (Å²) in [6.07, 6.45) is 1.74. The van der Waals surface area contributed by atoms with E-state index >= 15 is 0 Å². The lowest BCUT2D eigenvalue weighted by molar-refractivity contribution is 0.202. The summed E-state index contributed by atoms with van der Waals surface area (Å²) < 4.78 is 7.28. The van der Waals surface area contributed by atoms with Crippen molar-refractivity contribution in [1.82, 2.24) is 15.2 Å². The van der Waals surface area contributed by atoms with Crippen LogP contribution in [-0.4, -0.2) is 29.5 Å². The van der Waals surface area contributed by atoms with Crippen LogP contribution in [0, 0.1) is 0 Å². The van der Waals surface area contributed by atoms with Crippen molar-refractivity contribution >= 4 is 43.5 Å². The van der Waals surface area contributed by atoms with Crippen LogP contribution in [0.1, 0.15) is 17.2 Å². The molecule has 7 heteroatoms. The van der Waals surface area contributed by atoms with Gasteiger partial charge in [-0.05, 0) is 46.6 Å². The van der Waals surface area contributed by atoms with Gasteiger partial charge in [0.15, 0.2) is 4.67 Å². The molecule has 0 aliphatic rings. The van der Waals surface area contributed by atoms with Crippen molar-refractivity contribution in [1.29, 1.82) is 0 Å². The Hall–Kier alpha value is -1.86. The van der Waals surface area contributed by atoms with Gasteiger partial charge in [-0.25, -0.2) is 9.78 Å². The zero-order valence-electron chi connectivity index (χ0n) is 13.3. The van der Waals surface area contributed by atoms with E-state index in [2.05, 4.69) is 32.3 Å². The van der Waals surface area contributed by atoms with E-state index in [1.54, 1.807) is 23.3 Å². The molecule has 2 amide bonds. The largest absolute Gasteiger partial charge is 0.452 e. The van der Waals surface area contributed by atoms with Crippen molar-refractivity contribution in [3.05, 3.63) is 51.8 Å². The number of fused-ring (bicyclic) bond motifs is 1. The minimum absolute atomic E-state index is 0.105. The number of nitrogens with one attached hydrogen (secondary N) is 1. The Labute approximate surface area is 152 Å². The molecule has 0 spiro atoms. The number of para-hydroxylation sites is 1. The predicted molar refractivity (Wildman–Crippen MR) is 99.2 cm³/mol. The number of hydrogen-bond acceptors (Lipinski definition) is 4. The summed E-state index contributed by atoms with van der Waals surface area (Å²) >= 11 is 4.97. The number of rotatable bonds is 6. The van der Waals surface area contributed by atoms with Gasteiger partial charge in [0.05, 0.1) is 21.8 Å². The Bertz CT molecular complexity index is 797. The van der Waals surface area contributed by atoms with Gasteiger partial charge in [-0.15, -0.1) is 11.3 Å². The maximum Gasteiger partial charge on any atom is 0.317 e. The highest BCUT2D eigenvalue weighted by Crippen LogP contribution is 2.22. The molecule has 3 rings (SSSR count). The van der Waals surface area contributed by atoms with Crippen LogP contribution in [0.4, 0.5) is 4.79 Å².